The molecule has 4 nitrogen and oxygen atoms in total. The molecule has 1 rings (SSSR count). The van der Waals surface area contributed by atoms with E-state index >= 15 is 0 Å². The van der Waals surface area contributed by atoms with Crippen molar-refractivity contribution in [3.8, 4) is 0 Å². The van der Waals surface area contributed by atoms with Crippen LogP contribution < -0.4 is 5.32 Å². The topological polar surface area (TPSA) is 66.4 Å². The summed E-state index contributed by atoms with van der Waals surface area (Å²) in [5, 5.41) is 11.6. The Morgan fingerprint density at radius 2 is 2.00 bits per heavy atom. The summed E-state index contributed by atoms with van der Waals surface area (Å²) < 4.78 is 0.104. The van der Waals surface area contributed by atoms with Crippen LogP contribution in [0.15, 0.2) is 11.1 Å². The fraction of sp³-hybridized carbons (Fsp3) is 0.667. The lowest BCUT2D eigenvalue weighted by Crippen LogP contribution is -2.37. The molecule has 0 spiro atoms. The van der Waals surface area contributed by atoms with E-state index in [1.807, 2.05) is 11.8 Å². The van der Waals surface area contributed by atoms with Crippen LogP contribution in [0.5, 0.6) is 0 Å². The molecule has 96 valence electrons. The maximum absolute atomic E-state index is 11.7. The van der Waals surface area contributed by atoms with Crippen LogP contribution in [0.25, 0.3) is 0 Å². The second-order valence-corrected chi connectivity index (χ2v) is 6.32. The molecule has 1 atom stereocenters. The molecule has 0 bridgehead atoms. The molecular formula is C12H19NO3S. The number of hydrogen-bond donors (Lipinski definition) is 2. The lowest BCUT2D eigenvalue weighted by Gasteiger charge is -2.23. The van der Waals surface area contributed by atoms with Gasteiger partial charge in [-0.15, -0.1) is 0 Å². The smallest absolute Gasteiger partial charge is 0.331 e. The Hall–Kier alpha value is -0.970. The Labute approximate surface area is 106 Å². The van der Waals surface area contributed by atoms with Gasteiger partial charge in [0.05, 0.1) is 0 Å². The zero-order chi connectivity index (χ0) is 13.1. The van der Waals surface area contributed by atoms with Crippen molar-refractivity contribution >= 4 is 23.6 Å². The van der Waals surface area contributed by atoms with Gasteiger partial charge in [-0.1, -0.05) is 0 Å². The first-order valence-corrected chi connectivity index (χ1v) is 6.67. The number of rotatable bonds is 4. The molecule has 1 aliphatic rings. The van der Waals surface area contributed by atoms with E-state index in [2.05, 4.69) is 12.2 Å². The van der Waals surface area contributed by atoms with Crippen LogP contribution >= 0.6 is 11.8 Å². The van der Waals surface area contributed by atoms with Gasteiger partial charge in [0.2, 0.25) is 5.91 Å². The first kappa shape index (κ1) is 14.1. The second kappa shape index (κ2) is 5.58. The minimum atomic E-state index is -1.04. The molecule has 0 saturated carbocycles. The predicted octanol–water partition coefficient (Wildman–Crippen LogP) is 1.81. The van der Waals surface area contributed by atoms with Gasteiger partial charge in [0.15, 0.2) is 0 Å². The van der Waals surface area contributed by atoms with Gasteiger partial charge in [-0.25, -0.2) is 4.79 Å². The third kappa shape index (κ3) is 3.77. The molecular weight excluding hydrogens is 238 g/mol. The molecule has 0 aromatic heterocycles. The molecule has 2 N–H and O–H groups in total. The number of nitrogens with one attached hydrogen (secondary N) is 1. The first-order valence-electron chi connectivity index (χ1n) is 5.69. The standard InChI is InChI=1S/C12H19NO3S/c1-8(9(2)11(15)16)10(14)13-7-12(3)5-4-6-17-12/h4-7H2,1-3H3,(H,13,14)(H,15,16). The zero-order valence-corrected chi connectivity index (χ0v) is 11.3. The van der Waals surface area contributed by atoms with Gasteiger partial charge in [-0.3, -0.25) is 4.79 Å². The van der Waals surface area contributed by atoms with Gasteiger partial charge in [0, 0.05) is 22.4 Å². The summed E-state index contributed by atoms with van der Waals surface area (Å²) in [4.78, 5) is 22.5. The second-order valence-electron chi connectivity index (χ2n) is 4.64. The summed E-state index contributed by atoms with van der Waals surface area (Å²) in [6.45, 7) is 5.72. The van der Waals surface area contributed by atoms with Gasteiger partial charge in [0.1, 0.15) is 0 Å². The number of amides is 1. The van der Waals surface area contributed by atoms with Crippen molar-refractivity contribution in [1.29, 1.82) is 0 Å². The van der Waals surface area contributed by atoms with Crippen molar-refractivity contribution in [3.63, 3.8) is 0 Å². The molecule has 0 radical (unpaired) electrons. The molecule has 0 aliphatic carbocycles. The van der Waals surface area contributed by atoms with Crippen molar-refractivity contribution in [3.05, 3.63) is 11.1 Å². The highest BCUT2D eigenvalue weighted by atomic mass is 32.2. The van der Waals surface area contributed by atoms with E-state index in [0.29, 0.717) is 6.54 Å². The normalized spacial score (nSPS) is 25.4. The fourth-order valence-corrected chi connectivity index (χ4v) is 2.95. The zero-order valence-electron chi connectivity index (χ0n) is 10.5. The highest BCUT2D eigenvalue weighted by Gasteiger charge is 2.30. The number of carbonyl (C=O) groups is 2. The number of carbonyl (C=O) groups excluding carboxylic acids is 1. The summed E-state index contributed by atoms with van der Waals surface area (Å²) in [6.07, 6.45) is 2.28. The third-order valence-corrected chi connectivity index (χ3v) is 4.69. The highest BCUT2D eigenvalue weighted by molar-refractivity contribution is 8.00. The van der Waals surface area contributed by atoms with Crippen LogP contribution in [-0.2, 0) is 9.59 Å². The van der Waals surface area contributed by atoms with E-state index in [9.17, 15) is 9.59 Å². The van der Waals surface area contributed by atoms with Crippen LogP contribution in [0, 0.1) is 0 Å². The van der Waals surface area contributed by atoms with Crippen LogP contribution in [0.1, 0.15) is 33.6 Å². The van der Waals surface area contributed by atoms with Gasteiger partial charge in [-0.2, -0.15) is 11.8 Å². The quantitative estimate of drug-likeness (QED) is 0.754. The highest BCUT2D eigenvalue weighted by Crippen LogP contribution is 2.36. The van der Waals surface area contributed by atoms with Crippen molar-refractivity contribution in [1.82, 2.24) is 5.32 Å². The van der Waals surface area contributed by atoms with Crippen LogP contribution in [-0.4, -0.2) is 34.0 Å². The van der Waals surface area contributed by atoms with Crippen LogP contribution in [0.2, 0.25) is 0 Å². The molecule has 0 aromatic rings. The molecule has 0 aromatic carbocycles. The summed E-state index contributed by atoms with van der Waals surface area (Å²) in [5.74, 6) is -0.187. The van der Waals surface area contributed by atoms with E-state index in [-0.39, 0.29) is 21.8 Å². The minimum Gasteiger partial charge on any atom is -0.478 e. The Balaban J connectivity index is 2.55. The molecule has 1 aliphatic heterocycles. The molecule has 1 fully saturated rings. The molecule has 5 heteroatoms. The Morgan fingerprint density at radius 3 is 2.47 bits per heavy atom. The lowest BCUT2D eigenvalue weighted by atomic mass is 10.1. The molecule has 1 unspecified atom stereocenters. The van der Waals surface area contributed by atoms with E-state index in [0.717, 1.165) is 12.2 Å². The molecule has 1 amide bonds. The van der Waals surface area contributed by atoms with Crippen molar-refractivity contribution in [2.24, 2.45) is 0 Å². The Kier molecular flexibility index (Phi) is 4.62. The summed E-state index contributed by atoms with van der Waals surface area (Å²) >= 11 is 1.87. The Bertz CT molecular complexity index is 357. The van der Waals surface area contributed by atoms with Gasteiger partial charge in [0.25, 0.3) is 0 Å². The minimum absolute atomic E-state index is 0.103. The summed E-state index contributed by atoms with van der Waals surface area (Å²) in [7, 11) is 0. The first-order chi connectivity index (χ1) is 7.86. The number of thioether (sulfide) groups is 1. The lowest BCUT2D eigenvalue weighted by molar-refractivity contribution is -0.133. The van der Waals surface area contributed by atoms with Gasteiger partial charge < -0.3 is 10.4 Å². The molecule has 17 heavy (non-hydrogen) atoms. The third-order valence-electron chi connectivity index (χ3n) is 3.15. The van der Waals surface area contributed by atoms with Crippen LogP contribution in [0.3, 0.4) is 0 Å². The monoisotopic (exact) mass is 257 g/mol. The van der Waals surface area contributed by atoms with E-state index in [1.54, 1.807) is 6.92 Å². The van der Waals surface area contributed by atoms with E-state index in [1.165, 1.54) is 13.3 Å². The number of carboxylic acid groups (broad SMARTS) is 1. The van der Waals surface area contributed by atoms with Gasteiger partial charge in [-0.05, 0) is 39.4 Å². The molecule has 1 saturated heterocycles. The van der Waals surface area contributed by atoms with E-state index < -0.39 is 5.97 Å². The maximum atomic E-state index is 11.7. The summed E-state index contributed by atoms with van der Waals surface area (Å²) in [5.41, 5.74) is 0.385. The SMILES string of the molecule is CC(C(=O)O)=C(C)C(=O)NCC1(C)CCCS1. The predicted molar refractivity (Wildman–Crippen MR) is 69.1 cm³/mol. The number of hydrogen-bond acceptors (Lipinski definition) is 3. The average Bonchev–Trinajstić information content (AvgIpc) is 2.71. The van der Waals surface area contributed by atoms with Crippen LogP contribution in [0.4, 0.5) is 0 Å². The number of aliphatic carboxylic acids is 1. The van der Waals surface area contributed by atoms with Gasteiger partial charge >= 0.3 is 5.97 Å². The van der Waals surface area contributed by atoms with Crippen molar-refractivity contribution in [2.45, 2.75) is 38.4 Å². The Morgan fingerprint density at radius 1 is 1.35 bits per heavy atom. The van der Waals surface area contributed by atoms with Crippen molar-refractivity contribution < 1.29 is 14.7 Å². The summed E-state index contributed by atoms with van der Waals surface area (Å²) in [6, 6.07) is 0. The number of carboxylic acids is 1. The maximum Gasteiger partial charge on any atom is 0.331 e. The van der Waals surface area contributed by atoms with Crippen molar-refractivity contribution in [2.75, 3.05) is 12.3 Å². The largest absolute Gasteiger partial charge is 0.478 e. The molecule has 1 heterocycles. The fourth-order valence-electron chi connectivity index (χ4n) is 1.71. The van der Waals surface area contributed by atoms with E-state index in [4.69, 9.17) is 5.11 Å². The average molecular weight is 257 g/mol.